The van der Waals surface area contributed by atoms with Crippen LogP contribution in [0, 0.1) is 11.7 Å². The number of guanidine groups is 1. The number of rotatable bonds is 7. The Morgan fingerprint density at radius 1 is 1.30 bits per heavy atom. The number of nitrogens with one attached hydrogen (secondary N) is 2. The summed E-state index contributed by atoms with van der Waals surface area (Å²) >= 11 is 0. The van der Waals surface area contributed by atoms with Crippen molar-refractivity contribution in [2.24, 2.45) is 10.9 Å². The predicted molar refractivity (Wildman–Crippen MR) is 107 cm³/mol. The van der Waals surface area contributed by atoms with Crippen LogP contribution < -0.4 is 10.6 Å². The Hall–Kier alpha value is -1.67. The molecule has 2 rings (SSSR count). The first kappa shape index (κ1) is 21.6. The minimum atomic E-state index is -3.67. The molecule has 0 aromatic heterocycles. The van der Waals surface area contributed by atoms with E-state index in [1.165, 1.54) is 18.2 Å². The molecule has 0 radical (unpaired) electrons. The fourth-order valence-corrected chi connectivity index (χ4v) is 4.52. The van der Waals surface area contributed by atoms with Crippen LogP contribution in [0.1, 0.15) is 26.7 Å². The zero-order chi connectivity index (χ0) is 19.9. The van der Waals surface area contributed by atoms with Crippen LogP contribution in [0.2, 0.25) is 0 Å². The van der Waals surface area contributed by atoms with Gasteiger partial charge >= 0.3 is 0 Å². The van der Waals surface area contributed by atoms with Gasteiger partial charge < -0.3 is 15.5 Å². The highest BCUT2D eigenvalue weighted by atomic mass is 32.2. The molecule has 1 aromatic carbocycles. The molecule has 0 aliphatic carbocycles. The number of hydrogen-bond donors (Lipinski definition) is 2. The van der Waals surface area contributed by atoms with Crippen molar-refractivity contribution in [1.29, 1.82) is 0 Å². The van der Waals surface area contributed by atoms with Crippen LogP contribution in [-0.4, -0.2) is 64.3 Å². The summed E-state index contributed by atoms with van der Waals surface area (Å²) in [6.07, 6.45) is 2.06. The molecule has 1 aromatic rings. The second-order valence-electron chi connectivity index (χ2n) is 7.36. The van der Waals surface area contributed by atoms with E-state index in [0.29, 0.717) is 17.9 Å². The van der Waals surface area contributed by atoms with Gasteiger partial charge in [-0.3, -0.25) is 4.99 Å². The molecule has 6 nitrogen and oxygen atoms in total. The van der Waals surface area contributed by atoms with Crippen molar-refractivity contribution in [3.8, 4) is 0 Å². The quantitative estimate of drug-likeness (QED) is 0.542. The van der Waals surface area contributed by atoms with Gasteiger partial charge in [-0.1, -0.05) is 26.0 Å². The number of benzene rings is 1. The second-order valence-corrected chi connectivity index (χ2v) is 9.44. The Morgan fingerprint density at radius 2 is 1.96 bits per heavy atom. The lowest BCUT2D eigenvalue weighted by Gasteiger charge is -2.33. The van der Waals surface area contributed by atoms with E-state index in [1.54, 1.807) is 7.05 Å². The van der Waals surface area contributed by atoms with Crippen LogP contribution in [0.25, 0.3) is 0 Å². The number of halogens is 1. The Labute approximate surface area is 162 Å². The van der Waals surface area contributed by atoms with E-state index < -0.39 is 15.7 Å². The van der Waals surface area contributed by atoms with Crippen LogP contribution in [0.4, 0.5) is 4.39 Å². The number of hydrogen-bond acceptors (Lipinski definition) is 4. The topological polar surface area (TPSA) is 73.8 Å². The molecule has 0 bridgehead atoms. The zero-order valence-electron chi connectivity index (χ0n) is 16.4. The van der Waals surface area contributed by atoms with Crippen LogP contribution in [-0.2, 0) is 9.84 Å². The minimum Gasteiger partial charge on any atom is -0.355 e. The monoisotopic (exact) mass is 398 g/mol. The molecule has 0 amide bonds. The number of sulfone groups is 1. The molecule has 27 heavy (non-hydrogen) atoms. The van der Waals surface area contributed by atoms with E-state index in [2.05, 4.69) is 34.4 Å². The highest BCUT2D eigenvalue weighted by Crippen LogP contribution is 2.15. The van der Waals surface area contributed by atoms with Crippen molar-refractivity contribution >= 4 is 15.8 Å². The fraction of sp³-hybridized carbons (Fsp3) is 0.632. The van der Waals surface area contributed by atoms with Crippen molar-refractivity contribution in [3.05, 3.63) is 30.1 Å². The Kier molecular flexibility index (Phi) is 8.04. The predicted octanol–water partition coefficient (Wildman–Crippen LogP) is 1.88. The molecule has 2 N–H and O–H groups in total. The van der Waals surface area contributed by atoms with E-state index in [9.17, 15) is 12.8 Å². The molecule has 1 heterocycles. The first-order valence-corrected chi connectivity index (χ1v) is 11.1. The zero-order valence-corrected chi connectivity index (χ0v) is 17.2. The summed E-state index contributed by atoms with van der Waals surface area (Å²) in [5.41, 5.74) is 0. The largest absolute Gasteiger partial charge is 0.355 e. The van der Waals surface area contributed by atoms with E-state index in [-0.39, 0.29) is 17.2 Å². The molecular formula is C19H31FN4O2S. The van der Waals surface area contributed by atoms with Gasteiger partial charge in [-0.05, 0) is 30.9 Å². The van der Waals surface area contributed by atoms with Crippen LogP contribution >= 0.6 is 0 Å². The summed E-state index contributed by atoms with van der Waals surface area (Å²) < 4.78 is 38.3. The van der Waals surface area contributed by atoms with Gasteiger partial charge in [-0.15, -0.1) is 0 Å². The summed E-state index contributed by atoms with van der Waals surface area (Å²) in [7, 11) is -2.01. The standard InChI is InChI=1S/C19H31FN4O2S/c1-15(2)14-24-11-8-16(9-12-24)23-19(21-3)22-10-13-27(25,26)18-7-5-4-6-17(18)20/h4-7,15-16H,8-14H2,1-3H3,(H2,21,22,23). The van der Waals surface area contributed by atoms with Gasteiger partial charge in [0.25, 0.3) is 0 Å². The van der Waals surface area contributed by atoms with Gasteiger partial charge in [-0.25, -0.2) is 12.8 Å². The molecule has 8 heteroatoms. The lowest BCUT2D eigenvalue weighted by molar-refractivity contribution is 0.187. The Morgan fingerprint density at radius 3 is 2.56 bits per heavy atom. The number of aliphatic imine (C=N–C) groups is 1. The maximum atomic E-state index is 13.7. The fourth-order valence-electron chi connectivity index (χ4n) is 3.27. The number of likely N-dealkylation sites (tertiary alicyclic amines) is 1. The van der Waals surface area contributed by atoms with Crippen molar-refractivity contribution in [1.82, 2.24) is 15.5 Å². The first-order chi connectivity index (χ1) is 12.8. The molecule has 152 valence electrons. The van der Waals surface area contributed by atoms with E-state index in [4.69, 9.17) is 0 Å². The van der Waals surface area contributed by atoms with Crippen LogP contribution in [0.3, 0.4) is 0 Å². The minimum absolute atomic E-state index is 0.169. The maximum absolute atomic E-state index is 13.7. The molecule has 1 fully saturated rings. The van der Waals surface area contributed by atoms with Crippen molar-refractivity contribution < 1.29 is 12.8 Å². The molecule has 1 aliphatic heterocycles. The lowest BCUT2D eigenvalue weighted by atomic mass is 10.0. The Balaban J connectivity index is 1.79. The molecule has 0 unspecified atom stereocenters. The summed E-state index contributed by atoms with van der Waals surface area (Å²) in [5.74, 6) is 0.344. The third-order valence-electron chi connectivity index (χ3n) is 4.61. The van der Waals surface area contributed by atoms with Crippen LogP contribution in [0.5, 0.6) is 0 Å². The number of nitrogens with zero attached hydrogens (tertiary/aromatic N) is 2. The van der Waals surface area contributed by atoms with Gasteiger partial charge in [-0.2, -0.15) is 0 Å². The second kappa shape index (κ2) is 10.0. The highest BCUT2D eigenvalue weighted by Gasteiger charge is 2.21. The van der Waals surface area contributed by atoms with E-state index in [0.717, 1.165) is 38.5 Å². The van der Waals surface area contributed by atoms with Gasteiger partial charge in [0.2, 0.25) is 0 Å². The SMILES string of the molecule is CN=C(NCCS(=O)(=O)c1ccccc1F)NC1CCN(CC(C)C)CC1. The smallest absolute Gasteiger partial charge is 0.191 e. The van der Waals surface area contributed by atoms with Crippen molar-refractivity contribution in [2.75, 3.05) is 39.0 Å². The third-order valence-corrected chi connectivity index (χ3v) is 6.35. The average molecular weight is 399 g/mol. The summed E-state index contributed by atoms with van der Waals surface area (Å²) in [5, 5.41) is 6.39. The molecule has 1 saturated heterocycles. The summed E-state index contributed by atoms with van der Waals surface area (Å²) in [6.45, 7) is 7.84. The third kappa shape index (κ3) is 6.77. The van der Waals surface area contributed by atoms with Crippen LogP contribution in [0.15, 0.2) is 34.2 Å². The number of piperidine rings is 1. The van der Waals surface area contributed by atoms with E-state index >= 15 is 0 Å². The average Bonchev–Trinajstić information content (AvgIpc) is 2.62. The normalized spacial score (nSPS) is 17.3. The maximum Gasteiger partial charge on any atom is 0.191 e. The van der Waals surface area contributed by atoms with Crippen molar-refractivity contribution in [3.63, 3.8) is 0 Å². The molecule has 1 aliphatic rings. The Bertz CT molecular complexity index is 729. The summed E-state index contributed by atoms with van der Waals surface area (Å²) in [6, 6.07) is 5.78. The first-order valence-electron chi connectivity index (χ1n) is 9.48. The molecular weight excluding hydrogens is 367 g/mol. The lowest BCUT2D eigenvalue weighted by Crippen LogP contribution is -2.49. The van der Waals surface area contributed by atoms with Gasteiger partial charge in [0.1, 0.15) is 10.7 Å². The van der Waals surface area contributed by atoms with Gasteiger partial charge in [0.15, 0.2) is 15.8 Å². The summed E-state index contributed by atoms with van der Waals surface area (Å²) in [4.78, 5) is 6.39. The molecule has 0 atom stereocenters. The van der Waals surface area contributed by atoms with E-state index in [1.807, 2.05) is 0 Å². The van der Waals surface area contributed by atoms with Crippen molar-refractivity contribution in [2.45, 2.75) is 37.6 Å². The van der Waals surface area contributed by atoms with Gasteiger partial charge in [0.05, 0.1) is 5.75 Å². The highest BCUT2D eigenvalue weighted by molar-refractivity contribution is 7.91. The van der Waals surface area contributed by atoms with Gasteiger partial charge in [0, 0.05) is 39.3 Å². The molecule has 0 spiro atoms. The molecule has 0 saturated carbocycles.